The van der Waals surface area contributed by atoms with Crippen LogP contribution in [0, 0.1) is 0 Å². The molecule has 110 valence electrons. The molecule has 1 fully saturated rings. The first-order chi connectivity index (χ1) is 9.45. The predicted molar refractivity (Wildman–Crippen MR) is 75.7 cm³/mol. The summed E-state index contributed by atoms with van der Waals surface area (Å²) in [6, 6.07) is 6.52. The lowest BCUT2D eigenvalue weighted by Crippen LogP contribution is -2.45. The quantitative estimate of drug-likeness (QED) is 0.746. The molecule has 2 amide bonds. The van der Waals surface area contributed by atoms with Crippen LogP contribution in [0.25, 0.3) is 0 Å². The summed E-state index contributed by atoms with van der Waals surface area (Å²) < 4.78 is 22.2. The van der Waals surface area contributed by atoms with Crippen LogP contribution in [0.2, 0.25) is 0 Å². The van der Waals surface area contributed by atoms with E-state index in [0.717, 1.165) is 18.4 Å². The number of carbonyl (C=O) groups excluding carboxylic acids is 1. The van der Waals surface area contributed by atoms with Gasteiger partial charge in [-0.2, -0.15) is 0 Å². The largest absolute Gasteiger partial charge is 0.338 e. The van der Waals surface area contributed by atoms with Crippen molar-refractivity contribution >= 4 is 16.1 Å². The Morgan fingerprint density at radius 2 is 1.90 bits per heavy atom. The Balaban J connectivity index is 1.75. The molecular weight excluding hydrogens is 278 g/mol. The summed E-state index contributed by atoms with van der Waals surface area (Å²) in [4.78, 5) is 11.6. The lowest BCUT2D eigenvalue weighted by Gasteiger charge is -2.26. The lowest BCUT2D eigenvalue weighted by atomic mass is 9.93. The van der Waals surface area contributed by atoms with E-state index in [2.05, 4.69) is 10.6 Å². The Bertz CT molecular complexity index is 565. The van der Waals surface area contributed by atoms with Crippen molar-refractivity contribution in [2.24, 2.45) is 5.14 Å². The van der Waals surface area contributed by atoms with Gasteiger partial charge in [-0.1, -0.05) is 12.1 Å². The molecule has 2 rings (SSSR count). The number of sulfonamides is 1. The minimum atomic E-state index is -3.64. The van der Waals surface area contributed by atoms with E-state index >= 15 is 0 Å². The van der Waals surface area contributed by atoms with Gasteiger partial charge >= 0.3 is 6.03 Å². The summed E-state index contributed by atoms with van der Waals surface area (Å²) >= 11 is 0. The zero-order chi connectivity index (χ0) is 14.6. The molecule has 0 radical (unpaired) electrons. The van der Waals surface area contributed by atoms with Gasteiger partial charge in [-0.3, -0.25) is 0 Å². The second kappa shape index (κ2) is 6.23. The van der Waals surface area contributed by atoms with Crippen molar-refractivity contribution in [3.8, 4) is 0 Å². The van der Waals surface area contributed by atoms with E-state index in [0.29, 0.717) is 19.0 Å². The Kier molecular flexibility index (Phi) is 4.61. The normalized spacial score (nSPS) is 15.4. The van der Waals surface area contributed by atoms with Gasteiger partial charge in [0.05, 0.1) is 4.90 Å². The van der Waals surface area contributed by atoms with E-state index in [1.54, 1.807) is 12.1 Å². The molecular formula is C13H19N3O3S. The third-order valence-electron chi connectivity index (χ3n) is 3.39. The fourth-order valence-electron chi connectivity index (χ4n) is 1.96. The highest BCUT2D eigenvalue weighted by molar-refractivity contribution is 7.89. The molecule has 0 unspecified atom stereocenters. The summed E-state index contributed by atoms with van der Waals surface area (Å²) in [5, 5.41) is 10.7. The second-order valence-corrected chi connectivity index (χ2v) is 6.53. The number of hydrogen-bond donors (Lipinski definition) is 3. The fourth-order valence-corrected chi connectivity index (χ4v) is 2.47. The molecule has 0 spiro atoms. The molecule has 0 saturated heterocycles. The van der Waals surface area contributed by atoms with Crippen molar-refractivity contribution < 1.29 is 13.2 Å². The maximum Gasteiger partial charge on any atom is 0.315 e. The van der Waals surface area contributed by atoms with Crippen LogP contribution >= 0.6 is 0 Å². The van der Waals surface area contributed by atoms with Crippen LogP contribution in [0.4, 0.5) is 4.79 Å². The number of carbonyl (C=O) groups is 1. The van der Waals surface area contributed by atoms with Gasteiger partial charge in [-0.25, -0.2) is 18.4 Å². The van der Waals surface area contributed by atoms with Gasteiger partial charge in [-0.15, -0.1) is 0 Å². The maximum absolute atomic E-state index is 11.5. The predicted octanol–water partition coefficient (Wildman–Crippen LogP) is 0.728. The highest BCUT2D eigenvalue weighted by Gasteiger charge is 2.18. The van der Waals surface area contributed by atoms with E-state index in [1.807, 2.05) is 0 Å². The Morgan fingerprint density at radius 1 is 1.25 bits per heavy atom. The number of urea groups is 1. The number of primary sulfonamides is 1. The highest BCUT2D eigenvalue weighted by Crippen LogP contribution is 2.17. The second-order valence-electron chi connectivity index (χ2n) is 4.97. The first kappa shape index (κ1) is 14.8. The molecule has 0 aliphatic heterocycles. The van der Waals surface area contributed by atoms with E-state index in [9.17, 15) is 13.2 Å². The van der Waals surface area contributed by atoms with E-state index in [-0.39, 0.29) is 10.9 Å². The van der Waals surface area contributed by atoms with Gasteiger partial charge in [0.2, 0.25) is 10.0 Å². The zero-order valence-electron chi connectivity index (χ0n) is 11.1. The van der Waals surface area contributed by atoms with E-state index in [1.165, 1.54) is 18.6 Å². The van der Waals surface area contributed by atoms with Gasteiger partial charge < -0.3 is 10.6 Å². The molecule has 7 heteroatoms. The number of amides is 2. The first-order valence-corrected chi connectivity index (χ1v) is 8.16. The molecule has 0 heterocycles. The highest BCUT2D eigenvalue weighted by atomic mass is 32.2. The summed E-state index contributed by atoms with van der Waals surface area (Å²) in [5.74, 6) is 0. The van der Waals surface area contributed by atoms with Crippen molar-refractivity contribution in [2.75, 3.05) is 6.54 Å². The van der Waals surface area contributed by atoms with E-state index in [4.69, 9.17) is 5.14 Å². The number of benzene rings is 1. The topological polar surface area (TPSA) is 101 Å². The Morgan fingerprint density at radius 3 is 2.40 bits per heavy atom. The molecule has 1 aromatic rings. The summed E-state index contributed by atoms with van der Waals surface area (Å²) in [6.45, 7) is 0.507. The standard InChI is InChI=1S/C13H19N3O3S/c14-20(18,19)12-6-4-10(5-7-12)8-9-15-13(17)16-11-2-1-3-11/h4-7,11H,1-3,8-9H2,(H2,14,18,19)(H2,15,16,17). The molecule has 0 bridgehead atoms. The Labute approximate surface area is 118 Å². The van der Waals surface area contributed by atoms with Crippen LogP contribution < -0.4 is 15.8 Å². The lowest BCUT2D eigenvalue weighted by molar-refractivity contribution is 0.228. The molecule has 0 atom stereocenters. The van der Waals surface area contributed by atoms with Crippen molar-refractivity contribution in [1.82, 2.24) is 10.6 Å². The molecule has 1 aliphatic carbocycles. The number of nitrogens with one attached hydrogen (secondary N) is 2. The number of nitrogens with two attached hydrogens (primary N) is 1. The van der Waals surface area contributed by atoms with Gasteiger partial charge in [-0.05, 0) is 43.4 Å². The summed E-state index contributed by atoms with van der Waals surface area (Å²) in [7, 11) is -3.64. The summed E-state index contributed by atoms with van der Waals surface area (Å²) in [6.07, 6.45) is 3.94. The van der Waals surface area contributed by atoms with Crippen LogP contribution in [-0.4, -0.2) is 27.0 Å². The third-order valence-corrected chi connectivity index (χ3v) is 4.32. The van der Waals surface area contributed by atoms with Crippen molar-refractivity contribution in [3.63, 3.8) is 0 Å². The van der Waals surface area contributed by atoms with Crippen LogP contribution in [-0.2, 0) is 16.4 Å². The number of rotatable bonds is 5. The van der Waals surface area contributed by atoms with E-state index < -0.39 is 10.0 Å². The minimum Gasteiger partial charge on any atom is -0.338 e. The maximum atomic E-state index is 11.5. The minimum absolute atomic E-state index is 0.0944. The van der Waals surface area contributed by atoms with Crippen molar-refractivity contribution in [1.29, 1.82) is 0 Å². The molecule has 1 saturated carbocycles. The fraction of sp³-hybridized carbons (Fsp3) is 0.462. The van der Waals surface area contributed by atoms with Crippen LogP contribution in [0.15, 0.2) is 29.2 Å². The number of hydrogen-bond acceptors (Lipinski definition) is 3. The average molecular weight is 297 g/mol. The van der Waals surface area contributed by atoms with Gasteiger partial charge in [0, 0.05) is 12.6 Å². The molecule has 1 aliphatic rings. The molecule has 6 nitrogen and oxygen atoms in total. The zero-order valence-corrected chi connectivity index (χ0v) is 11.9. The SMILES string of the molecule is NS(=O)(=O)c1ccc(CCNC(=O)NC2CCC2)cc1. The third kappa shape index (κ3) is 4.21. The van der Waals surface area contributed by atoms with Gasteiger partial charge in [0.25, 0.3) is 0 Å². The van der Waals surface area contributed by atoms with Crippen LogP contribution in [0.5, 0.6) is 0 Å². The van der Waals surface area contributed by atoms with Gasteiger partial charge in [0.15, 0.2) is 0 Å². The smallest absolute Gasteiger partial charge is 0.315 e. The molecule has 1 aromatic carbocycles. The molecule has 0 aromatic heterocycles. The first-order valence-electron chi connectivity index (χ1n) is 6.61. The molecule has 4 N–H and O–H groups in total. The average Bonchev–Trinajstić information content (AvgIpc) is 2.33. The monoisotopic (exact) mass is 297 g/mol. The Hall–Kier alpha value is -1.60. The molecule has 20 heavy (non-hydrogen) atoms. The van der Waals surface area contributed by atoms with Crippen LogP contribution in [0.3, 0.4) is 0 Å². The van der Waals surface area contributed by atoms with Crippen molar-refractivity contribution in [2.45, 2.75) is 36.6 Å². The van der Waals surface area contributed by atoms with Crippen LogP contribution in [0.1, 0.15) is 24.8 Å². The van der Waals surface area contributed by atoms with Crippen molar-refractivity contribution in [3.05, 3.63) is 29.8 Å². The summed E-state index contributed by atoms with van der Waals surface area (Å²) in [5.41, 5.74) is 0.946. The van der Waals surface area contributed by atoms with Gasteiger partial charge in [0.1, 0.15) is 0 Å².